The fourth-order valence-electron chi connectivity index (χ4n) is 1.94. The number of amides is 2. The quantitative estimate of drug-likeness (QED) is 0.858. The molecule has 2 N–H and O–H groups in total. The lowest BCUT2D eigenvalue weighted by atomic mass is 10.1. The molecule has 0 aliphatic carbocycles. The van der Waals surface area contributed by atoms with E-state index in [9.17, 15) is 9.18 Å². The Morgan fingerprint density at radius 2 is 2.00 bits per heavy atom. The summed E-state index contributed by atoms with van der Waals surface area (Å²) in [5.41, 5.74) is 1.47. The standard InChI is InChI=1S/C17H20FN3O2/c1-12(2)23-16-15(4-3-10-19-16)21-17(22)20-11-9-13-5-7-14(18)8-6-13/h3-8,10,12H,9,11H2,1-2H3,(H2,20,21,22). The van der Waals surface area contributed by atoms with Crippen molar-refractivity contribution in [1.29, 1.82) is 0 Å². The predicted molar refractivity (Wildman–Crippen MR) is 87.1 cm³/mol. The van der Waals surface area contributed by atoms with Crippen LogP contribution in [-0.4, -0.2) is 23.7 Å². The monoisotopic (exact) mass is 317 g/mol. The minimum Gasteiger partial charge on any atom is -0.473 e. The molecule has 0 saturated heterocycles. The second-order valence-corrected chi connectivity index (χ2v) is 5.28. The number of pyridine rings is 1. The molecule has 0 aliphatic heterocycles. The zero-order valence-corrected chi connectivity index (χ0v) is 13.2. The number of carbonyl (C=O) groups excluding carboxylic acids is 1. The Kier molecular flexibility index (Phi) is 5.91. The molecule has 0 aliphatic rings. The number of nitrogens with one attached hydrogen (secondary N) is 2. The topological polar surface area (TPSA) is 63.2 Å². The van der Waals surface area contributed by atoms with Crippen LogP contribution in [0.1, 0.15) is 19.4 Å². The number of hydrogen-bond donors (Lipinski definition) is 2. The average Bonchev–Trinajstić information content (AvgIpc) is 2.51. The average molecular weight is 317 g/mol. The van der Waals surface area contributed by atoms with Crippen LogP contribution in [0.2, 0.25) is 0 Å². The molecule has 122 valence electrons. The third-order valence-corrected chi connectivity index (χ3v) is 2.98. The second kappa shape index (κ2) is 8.12. The number of benzene rings is 1. The molecular weight excluding hydrogens is 297 g/mol. The van der Waals surface area contributed by atoms with Crippen molar-refractivity contribution in [3.8, 4) is 5.88 Å². The van der Waals surface area contributed by atoms with Crippen LogP contribution in [0.5, 0.6) is 5.88 Å². The second-order valence-electron chi connectivity index (χ2n) is 5.28. The normalized spacial score (nSPS) is 10.4. The summed E-state index contributed by atoms with van der Waals surface area (Å²) in [6, 6.07) is 9.32. The number of ether oxygens (including phenoxy) is 1. The Hall–Kier alpha value is -2.63. The maximum atomic E-state index is 12.8. The fourth-order valence-corrected chi connectivity index (χ4v) is 1.94. The van der Waals surface area contributed by atoms with Crippen molar-refractivity contribution in [2.45, 2.75) is 26.4 Å². The van der Waals surface area contributed by atoms with E-state index in [0.29, 0.717) is 24.5 Å². The molecule has 1 aromatic carbocycles. The van der Waals surface area contributed by atoms with E-state index in [1.165, 1.54) is 12.1 Å². The van der Waals surface area contributed by atoms with Gasteiger partial charge < -0.3 is 15.4 Å². The van der Waals surface area contributed by atoms with Crippen molar-refractivity contribution >= 4 is 11.7 Å². The van der Waals surface area contributed by atoms with Gasteiger partial charge in [0.1, 0.15) is 11.5 Å². The van der Waals surface area contributed by atoms with Gasteiger partial charge in [0.2, 0.25) is 5.88 Å². The van der Waals surface area contributed by atoms with E-state index < -0.39 is 0 Å². The SMILES string of the molecule is CC(C)Oc1ncccc1NC(=O)NCCc1ccc(F)cc1. The van der Waals surface area contributed by atoms with E-state index in [-0.39, 0.29) is 18.0 Å². The van der Waals surface area contributed by atoms with Crippen molar-refractivity contribution in [1.82, 2.24) is 10.3 Å². The number of aromatic nitrogens is 1. The third kappa shape index (κ3) is 5.58. The smallest absolute Gasteiger partial charge is 0.319 e. The maximum absolute atomic E-state index is 12.8. The molecule has 1 aromatic heterocycles. The minimum atomic E-state index is -0.339. The van der Waals surface area contributed by atoms with Crippen LogP contribution in [0.25, 0.3) is 0 Å². The van der Waals surface area contributed by atoms with E-state index in [1.807, 2.05) is 13.8 Å². The number of urea groups is 1. The lowest BCUT2D eigenvalue weighted by Gasteiger charge is -2.13. The fraction of sp³-hybridized carbons (Fsp3) is 0.294. The molecule has 23 heavy (non-hydrogen) atoms. The molecule has 0 bridgehead atoms. The number of carbonyl (C=O) groups is 1. The van der Waals surface area contributed by atoms with Crippen LogP contribution in [0.3, 0.4) is 0 Å². The highest BCUT2D eigenvalue weighted by Gasteiger charge is 2.09. The summed E-state index contributed by atoms with van der Waals surface area (Å²) in [6.07, 6.45) is 2.19. The van der Waals surface area contributed by atoms with Gasteiger partial charge in [-0.2, -0.15) is 0 Å². The van der Waals surface area contributed by atoms with Crippen LogP contribution in [0, 0.1) is 5.82 Å². The van der Waals surface area contributed by atoms with Gasteiger partial charge in [-0.3, -0.25) is 0 Å². The molecule has 5 nitrogen and oxygen atoms in total. The maximum Gasteiger partial charge on any atom is 0.319 e. The lowest BCUT2D eigenvalue weighted by Crippen LogP contribution is -2.30. The highest BCUT2D eigenvalue weighted by molar-refractivity contribution is 5.90. The summed E-state index contributed by atoms with van der Waals surface area (Å²) in [5, 5.41) is 5.46. The summed E-state index contributed by atoms with van der Waals surface area (Å²) in [5.74, 6) is 0.116. The van der Waals surface area contributed by atoms with Crippen LogP contribution < -0.4 is 15.4 Å². The third-order valence-electron chi connectivity index (χ3n) is 2.98. The van der Waals surface area contributed by atoms with E-state index >= 15 is 0 Å². The largest absolute Gasteiger partial charge is 0.473 e. The van der Waals surface area contributed by atoms with Crippen LogP contribution in [0.4, 0.5) is 14.9 Å². The summed E-state index contributed by atoms with van der Waals surface area (Å²) < 4.78 is 18.4. The predicted octanol–water partition coefficient (Wildman–Crippen LogP) is 3.37. The molecule has 0 fully saturated rings. The Balaban J connectivity index is 1.84. The van der Waals surface area contributed by atoms with E-state index in [1.54, 1.807) is 30.5 Å². The molecule has 0 spiro atoms. The zero-order chi connectivity index (χ0) is 16.7. The first-order valence-corrected chi connectivity index (χ1v) is 7.45. The first-order valence-electron chi connectivity index (χ1n) is 7.45. The van der Waals surface area contributed by atoms with Crippen LogP contribution in [0.15, 0.2) is 42.6 Å². The highest BCUT2D eigenvalue weighted by Crippen LogP contribution is 2.21. The Morgan fingerprint density at radius 3 is 2.70 bits per heavy atom. The van der Waals surface area contributed by atoms with Gasteiger partial charge in [0.15, 0.2) is 0 Å². The molecule has 0 atom stereocenters. The van der Waals surface area contributed by atoms with Crippen molar-refractivity contribution in [2.75, 3.05) is 11.9 Å². The van der Waals surface area contributed by atoms with E-state index in [0.717, 1.165) is 5.56 Å². The minimum absolute atomic E-state index is 0.0352. The summed E-state index contributed by atoms with van der Waals surface area (Å²) in [6.45, 7) is 4.22. The molecule has 6 heteroatoms. The first kappa shape index (κ1) is 16.7. The number of hydrogen-bond acceptors (Lipinski definition) is 3. The number of anilines is 1. The number of rotatable bonds is 6. The molecule has 0 radical (unpaired) electrons. The number of nitrogens with zero attached hydrogens (tertiary/aromatic N) is 1. The summed E-state index contributed by atoms with van der Waals surface area (Å²) in [7, 11) is 0. The Morgan fingerprint density at radius 1 is 1.26 bits per heavy atom. The van der Waals surface area contributed by atoms with Gasteiger partial charge in [-0.15, -0.1) is 0 Å². The molecular formula is C17H20FN3O2. The molecule has 2 aromatic rings. The van der Waals surface area contributed by atoms with E-state index in [2.05, 4.69) is 15.6 Å². The van der Waals surface area contributed by atoms with Crippen molar-refractivity contribution in [2.24, 2.45) is 0 Å². The summed E-state index contributed by atoms with van der Waals surface area (Å²) >= 11 is 0. The lowest BCUT2D eigenvalue weighted by molar-refractivity contribution is 0.233. The van der Waals surface area contributed by atoms with Crippen molar-refractivity contribution in [3.63, 3.8) is 0 Å². The van der Waals surface area contributed by atoms with Crippen LogP contribution in [-0.2, 0) is 6.42 Å². The molecule has 2 amide bonds. The highest BCUT2D eigenvalue weighted by atomic mass is 19.1. The molecule has 0 saturated carbocycles. The molecule has 2 rings (SSSR count). The van der Waals surface area contributed by atoms with Gasteiger partial charge in [-0.05, 0) is 50.1 Å². The van der Waals surface area contributed by atoms with Gasteiger partial charge in [0.05, 0.1) is 6.10 Å². The zero-order valence-electron chi connectivity index (χ0n) is 13.2. The van der Waals surface area contributed by atoms with Gasteiger partial charge in [-0.25, -0.2) is 14.2 Å². The first-order chi connectivity index (χ1) is 11.0. The van der Waals surface area contributed by atoms with Gasteiger partial charge >= 0.3 is 6.03 Å². The van der Waals surface area contributed by atoms with Gasteiger partial charge in [0.25, 0.3) is 0 Å². The van der Waals surface area contributed by atoms with Crippen molar-refractivity contribution < 1.29 is 13.9 Å². The molecule has 1 heterocycles. The Labute approximate surface area is 134 Å². The van der Waals surface area contributed by atoms with Gasteiger partial charge in [0, 0.05) is 12.7 Å². The van der Waals surface area contributed by atoms with Gasteiger partial charge in [-0.1, -0.05) is 12.1 Å². The summed E-state index contributed by atoms with van der Waals surface area (Å²) in [4.78, 5) is 16.0. The number of halogens is 1. The molecule has 0 unspecified atom stereocenters. The van der Waals surface area contributed by atoms with E-state index in [4.69, 9.17) is 4.74 Å². The Bertz CT molecular complexity index is 645. The van der Waals surface area contributed by atoms with Crippen molar-refractivity contribution in [3.05, 3.63) is 54.0 Å². The van der Waals surface area contributed by atoms with Crippen LogP contribution >= 0.6 is 0 Å².